The summed E-state index contributed by atoms with van der Waals surface area (Å²) in [6.45, 7) is 0.438. The van der Waals surface area contributed by atoms with Gasteiger partial charge >= 0.3 is 6.03 Å². The number of hydrogen-bond donors (Lipinski definition) is 2. The highest BCUT2D eigenvalue weighted by Crippen LogP contribution is 2.21. The Morgan fingerprint density at radius 1 is 1.28 bits per heavy atom. The summed E-state index contributed by atoms with van der Waals surface area (Å²) in [5.74, 6) is -0.153. The maximum absolute atomic E-state index is 13.5. The number of nitrogens with one attached hydrogen (secondary N) is 2. The van der Waals surface area contributed by atoms with E-state index >= 15 is 0 Å². The molecular formula is C16H14FN7O. The molecule has 3 rings (SSSR count). The van der Waals surface area contributed by atoms with Crippen molar-refractivity contribution in [2.24, 2.45) is 0 Å². The van der Waals surface area contributed by atoms with E-state index in [1.165, 1.54) is 22.9 Å². The summed E-state index contributed by atoms with van der Waals surface area (Å²) in [5.41, 5.74) is 0.797. The molecule has 2 amide bonds. The van der Waals surface area contributed by atoms with Crippen LogP contribution in [0.25, 0.3) is 5.69 Å². The standard InChI is InChI=1S/C16H14FN7O/c17-12-3-4-14(24-9-2-7-19-24)13(11-12)20-16(25)21-15-5-10-23(22-15)8-1-6-18/h2-5,7,9-11H,1,8H2,(H2,20,21,22,25). The Labute approximate surface area is 142 Å². The van der Waals surface area contributed by atoms with Crippen LogP contribution in [0.15, 0.2) is 48.9 Å². The van der Waals surface area contributed by atoms with Crippen molar-refractivity contribution in [1.82, 2.24) is 19.6 Å². The molecule has 0 fully saturated rings. The summed E-state index contributed by atoms with van der Waals surface area (Å²) in [6, 6.07) is 8.81. The Kier molecular flexibility index (Phi) is 4.71. The normalized spacial score (nSPS) is 10.2. The molecule has 126 valence electrons. The number of halogens is 1. The number of carbonyl (C=O) groups excluding carboxylic acids is 1. The van der Waals surface area contributed by atoms with Gasteiger partial charge in [0, 0.05) is 24.7 Å². The lowest BCUT2D eigenvalue weighted by Gasteiger charge is -2.11. The summed E-state index contributed by atoms with van der Waals surface area (Å²) < 4.78 is 16.6. The monoisotopic (exact) mass is 339 g/mol. The van der Waals surface area contributed by atoms with E-state index in [0.717, 1.165) is 0 Å². The molecule has 2 heterocycles. The third kappa shape index (κ3) is 4.00. The number of aryl methyl sites for hydroxylation is 1. The Morgan fingerprint density at radius 2 is 2.16 bits per heavy atom. The summed E-state index contributed by atoms with van der Waals surface area (Å²) in [7, 11) is 0. The molecule has 25 heavy (non-hydrogen) atoms. The molecule has 0 unspecified atom stereocenters. The number of carbonyl (C=O) groups is 1. The zero-order valence-corrected chi connectivity index (χ0v) is 13.1. The Bertz CT molecular complexity index is 911. The molecule has 9 heteroatoms. The first-order chi connectivity index (χ1) is 12.2. The molecule has 1 aromatic carbocycles. The van der Waals surface area contributed by atoms with Crippen LogP contribution in [0.5, 0.6) is 0 Å². The van der Waals surface area contributed by atoms with Gasteiger partial charge in [-0.1, -0.05) is 0 Å². The summed E-state index contributed by atoms with van der Waals surface area (Å²) in [4.78, 5) is 12.2. The zero-order chi connectivity index (χ0) is 17.6. The van der Waals surface area contributed by atoms with Crippen molar-refractivity contribution in [3.05, 3.63) is 54.7 Å². The molecule has 2 N–H and O–H groups in total. The van der Waals surface area contributed by atoms with Crippen molar-refractivity contribution < 1.29 is 9.18 Å². The van der Waals surface area contributed by atoms with Crippen LogP contribution >= 0.6 is 0 Å². The van der Waals surface area contributed by atoms with Crippen LogP contribution < -0.4 is 10.6 Å². The van der Waals surface area contributed by atoms with E-state index in [1.54, 1.807) is 35.4 Å². The second kappa shape index (κ2) is 7.27. The zero-order valence-electron chi connectivity index (χ0n) is 13.1. The summed E-state index contributed by atoms with van der Waals surface area (Å²) in [6.07, 6.45) is 5.25. The molecular weight excluding hydrogens is 325 g/mol. The van der Waals surface area contributed by atoms with E-state index in [-0.39, 0.29) is 5.69 Å². The van der Waals surface area contributed by atoms with E-state index < -0.39 is 11.8 Å². The number of aromatic nitrogens is 4. The topological polar surface area (TPSA) is 101 Å². The fourth-order valence-corrected chi connectivity index (χ4v) is 2.21. The quantitative estimate of drug-likeness (QED) is 0.746. The van der Waals surface area contributed by atoms with E-state index in [1.807, 2.05) is 6.07 Å². The number of hydrogen-bond acceptors (Lipinski definition) is 4. The van der Waals surface area contributed by atoms with Crippen LogP contribution in [0, 0.1) is 17.1 Å². The highest BCUT2D eigenvalue weighted by Gasteiger charge is 2.11. The fraction of sp³-hybridized carbons (Fsp3) is 0.125. The van der Waals surface area contributed by atoms with Crippen molar-refractivity contribution in [1.29, 1.82) is 5.26 Å². The predicted molar refractivity (Wildman–Crippen MR) is 88.6 cm³/mol. The van der Waals surface area contributed by atoms with Crippen LogP contribution in [-0.2, 0) is 6.54 Å². The molecule has 0 saturated carbocycles. The molecule has 0 bridgehead atoms. The summed E-state index contributed by atoms with van der Waals surface area (Å²) >= 11 is 0. The molecule has 0 radical (unpaired) electrons. The second-order valence-electron chi connectivity index (χ2n) is 5.06. The van der Waals surface area contributed by atoms with Crippen LogP contribution in [0.4, 0.5) is 20.7 Å². The van der Waals surface area contributed by atoms with Gasteiger partial charge in [0.25, 0.3) is 0 Å². The molecule has 0 spiro atoms. The van der Waals surface area contributed by atoms with Gasteiger partial charge in [-0.05, 0) is 24.3 Å². The number of amides is 2. The van der Waals surface area contributed by atoms with Crippen molar-refractivity contribution >= 4 is 17.5 Å². The van der Waals surface area contributed by atoms with Crippen LogP contribution in [0.2, 0.25) is 0 Å². The molecule has 3 aromatic rings. The molecule has 8 nitrogen and oxygen atoms in total. The first-order valence-corrected chi connectivity index (χ1v) is 7.44. The number of nitriles is 1. The minimum Gasteiger partial charge on any atom is -0.306 e. The van der Waals surface area contributed by atoms with Gasteiger partial charge in [0.1, 0.15) is 5.82 Å². The average molecular weight is 339 g/mol. The van der Waals surface area contributed by atoms with Gasteiger partial charge in [-0.25, -0.2) is 13.9 Å². The maximum Gasteiger partial charge on any atom is 0.324 e. The van der Waals surface area contributed by atoms with Gasteiger partial charge < -0.3 is 5.32 Å². The molecule has 0 aliphatic heterocycles. The SMILES string of the molecule is N#CCCn1ccc(NC(=O)Nc2cc(F)ccc2-n2cccn2)n1. The van der Waals surface area contributed by atoms with Crippen molar-refractivity contribution in [3.8, 4) is 11.8 Å². The van der Waals surface area contributed by atoms with E-state index in [2.05, 4.69) is 20.8 Å². The van der Waals surface area contributed by atoms with Gasteiger partial charge in [0.05, 0.1) is 30.4 Å². The first-order valence-electron chi connectivity index (χ1n) is 7.44. The highest BCUT2D eigenvalue weighted by atomic mass is 19.1. The van der Waals surface area contributed by atoms with Gasteiger partial charge in [-0.2, -0.15) is 15.5 Å². The van der Waals surface area contributed by atoms with Gasteiger partial charge in [0.2, 0.25) is 0 Å². The molecule has 2 aromatic heterocycles. The first kappa shape index (κ1) is 16.2. The lowest BCUT2D eigenvalue weighted by atomic mass is 10.2. The number of rotatable bonds is 5. The number of urea groups is 1. The molecule has 0 saturated heterocycles. The van der Waals surface area contributed by atoms with E-state index in [0.29, 0.717) is 24.5 Å². The fourth-order valence-electron chi connectivity index (χ4n) is 2.21. The predicted octanol–water partition coefficient (Wildman–Crippen LogP) is 2.77. The smallest absolute Gasteiger partial charge is 0.306 e. The van der Waals surface area contributed by atoms with E-state index in [4.69, 9.17) is 5.26 Å². The van der Waals surface area contributed by atoms with Gasteiger partial charge in [-0.3, -0.25) is 10.00 Å². The van der Waals surface area contributed by atoms with Crippen molar-refractivity contribution in [2.75, 3.05) is 10.6 Å². The van der Waals surface area contributed by atoms with Crippen LogP contribution in [0.3, 0.4) is 0 Å². The second-order valence-corrected chi connectivity index (χ2v) is 5.06. The van der Waals surface area contributed by atoms with Crippen LogP contribution in [-0.4, -0.2) is 25.6 Å². The Balaban J connectivity index is 1.72. The Morgan fingerprint density at radius 3 is 2.92 bits per heavy atom. The van der Waals surface area contributed by atoms with E-state index in [9.17, 15) is 9.18 Å². The third-order valence-corrected chi connectivity index (χ3v) is 3.29. The maximum atomic E-state index is 13.5. The highest BCUT2D eigenvalue weighted by molar-refractivity contribution is 6.00. The third-order valence-electron chi connectivity index (χ3n) is 3.29. The average Bonchev–Trinajstić information content (AvgIpc) is 3.25. The largest absolute Gasteiger partial charge is 0.324 e. The van der Waals surface area contributed by atoms with Crippen molar-refractivity contribution in [2.45, 2.75) is 13.0 Å². The molecule has 0 atom stereocenters. The number of benzene rings is 1. The number of nitrogens with zero attached hydrogens (tertiary/aromatic N) is 5. The van der Waals surface area contributed by atoms with Crippen LogP contribution in [0.1, 0.15) is 6.42 Å². The van der Waals surface area contributed by atoms with Gasteiger partial charge in [0.15, 0.2) is 5.82 Å². The lowest BCUT2D eigenvalue weighted by molar-refractivity contribution is 0.262. The number of anilines is 2. The Hall–Kier alpha value is -3.67. The lowest BCUT2D eigenvalue weighted by Crippen LogP contribution is -2.21. The molecule has 0 aliphatic carbocycles. The van der Waals surface area contributed by atoms with Gasteiger partial charge in [-0.15, -0.1) is 0 Å². The molecule has 0 aliphatic rings. The van der Waals surface area contributed by atoms with Crippen molar-refractivity contribution in [3.63, 3.8) is 0 Å². The minimum atomic E-state index is -0.565. The summed E-state index contributed by atoms with van der Waals surface area (Å²) in [5, 5.41) is 21.9. The minimum absolute atomic E-state index is 0.269.